The van der Waals surface area contributed by atoms with Crippen LogP contribution in [0.1, 0.15) is 52.0 Å². The van der Waals surface area contributed by atoms with Gasteiger partial charge in [-0.25, -0.2) is 9.18 Å². The second kappa shape index (κ2) is 10.2. The number of amides is 2. The van der Waals surface area contributed by atoms with E-state index in [2.05, 4.69) is 19.2 Å². The van der Waals surface area contributed by atoms with E-state index in [1.807, 2.05) is 0 Å². The van der Waals surface area contributed by atoms with Gasteiger partial charge >= 0.3 is 5.97 Å². The Bertz CT molecular complexity index is 787. The monoisotopic (exact) mass is 404 g/mol. The zero-order valence-electron chi connectivity index (χ0n) is 17.5. The lowest BCUT2D eigenvalue weighted by Gasteiger charge is -2.34. The third-order valence-electron chi connectivity index (χ3n) is 4.94. The van der Waals surface area contributed by atoms with Crippen molar-refractivity contribution in [2.45, 2.75) is 46.5 Å². The van der Waals surface area contributed by atoms with Gasteiger partial charge in [0.15, 0.2) is 0 Å². The van der Waals surface area contributed by atoms with Crippen molar-refractivity contribution in [1.82, 2.24) is 10.2 Å². The molecule has 0 aromatic heterocycles. The predicted octanol–water partition coefficient (Wildman–Crippen LogP) is 3.14. The van der Waals surface area contributed by atoms with Crippen molar-refractivity contribution in [1.29, 1.82) is 0 Å². The van der Waals surface area contributed by atoms with Gasteiger partial charge in [0, 0.05) is 24.6 Å². The van der Waals surface area contributed by atoms with Gasteiger partial charge in [-0.2, -0.15) is 0 Å². The van der Waals surface area contributed by atoms with Crippen LogP contribution in [-0.2, 0) is 19.1 Å². The molecule has 2 amide bonds. The number of ether oxygens (including phenoxy) is 1. The van der Waals surface area contributed by atoms with E-state index in [0.29, 0.717) is 29.3 Å². The second-order valence-corrected chi connectivity index (χ2v) is 7.54. The number of hydrogen-bond acceptors (Lipinski definition) is 4. The van der Waals surface area contributed by atoms with Crippen LogP contribution in [0, 0.1) is 11.7 Å². The molecule has 0 saturated carbocycles. The lowest BCUT2D eigenvalue weighted by Crippen LogP contribution is -2.44. The number of esters is 1. The molecule has 0 fully saturated rings. The van der Waals surface area contributed by atoms with Crippen LogP contribution in [-0.4, -0.2) is 42.4 Å². The maximum atomic E-state index is 13.3. The average Bonchev–Trinajstić information content (AvgIpc) is 2.65. The third kappa shape index (κ3) is 5.89. The molecular weight excluding hydrogens is 375 g/mol. The molecule has 0 radical (unpaired) electrons. The van der Waals surface area contributed by atoms with Crippen LogP contribution in [0.25, 0.3) is 0 Å². The van der Waals surface area contributed by atoms with E-state index >= 15 is 0 Å². The van der Waals surface area contributed by atoms with Crippen LogP contribution in [0.3, 0.4) is 0 Å². The maximum Gasteiger partial charge on any atom is 0.336 e. The van der Waals surface area contributed by atoms with Crippen LogP contribution in [0.15, 0.2) is 35.5 Å². The molecular formula is C22H29FN2O4. The minimum atomic E-state index is -0.539. The Balaban J connectivity index is 2.29. The summed E-state index contributed by atoms with van der Waals surface area (Å²) in [5.74, 6) is -1.54. The van der Waals surface area contributed by atoms with Crippen LogP contribution < -0.4 is 5.32 Å². The SMILES string of the molecule is CCOC(=O)C1=C(C)N(CC(=O)NCCC(C)C)C(=O)C[C@@H]1c1ccc(F)cc1. The molecule has 1 aromatic carbocycles. The first-order valence-electron chi connectivity index (χ1n) is 9.95. The number of nitrogens with one attached hydrogen (secondary N) is 1. The van der Waals surface area contributed by atoms with Gasteiger partial charge < -0.3 is 15.0 Å². The molecule has 1 aromatic rings. The summed E-state index contributed by atoms with van der Waals surface area (Å²) in [4.78, 5) is 39.1. The Morgan fingerprint density at radius 2 is 1.93 bits per heavy atom. The topological polar surface area (TPSA) is 75.7 Å². The maximum absolute atomic E-state index is 13.3. The van der Waals surface area contributed by atoms with Gasteiger partial charge in [-0.1, -0.05) is 26.0 Å². The minimum absolute atomic E-state index is 0.0103. The van der Waals surface area contributed by atoms with Crippen molar-refractivity contribution in [2.24, 2.45) is 5.92 Å². The molecule has 0 unspecified atom stereocenters. The zero-order valence-corrected chi connectivity index (χ0v) is 17.5. The summed E-state index contributed by atoms with van der Waals surface area (Å²) in [5.41, 5.74) is 1.38. The van der Waals surface area contributed by atoms with E-state index in [4.69, 9.17) is 4.74 Å². The highest BCUT2D eigenvalue weighted by atomic mass is 19.1. The molecule has 0 saturated heterocycles. The molecule has 0 aliphatic carbocycles. The number of allylic oxidation sites excluding steroid dienone is 1. The van der Waals surface area contributed by atoms with Crippen LogP contribution in [0.4, 0.5) is 4.39 Å². The van der Waals surface area contributed by atoms with Gasteiger partial charge in [0.2, 0.25) is 11.8 Å². The van der Waals surface area contributed by atoms with E-state index in [0.717, 1.165) is 6.42 Å². The van der Waals surface area contributed by atoms with E-state index < -0.39 is 17.7 Å². The molecule has 7 heteroatoms. The largest absolute Gasteiger partial charge is 0.463 e. The van der Waals surface area contributed by atoms with Gasteiger partial charge in [0.05, 0.1) is 12.2 Å². The fourth-order valence-corrected chi connectivity index (χ4v) is 3.36. The molecule has 29 heavy (non-hydrogen) atoms. The summed E-state index contributed by atoms with van der Waals surface area (Å²) < 4.78 is 18.5. The first-order valence-corrected chi connectivity index (χ1v) is 9.95. The zero-order chi connectivity index (χ0) is 21.6. The molecule has 1 aliphatic rings. The van der Waals surface area contributed by atoms with Crippen molar-refractivity contribution in [3.8, 4) is 0 Å². The van der Waals surface area contributed by atoms with E-state index in [-0.39, 0.29) is 31.4 Å². The first kappa shape index (κ1) is 22.6. The highest BCUT2D eigenvalue weighted by molar-refractivity contribution is 5.97. The van der Waals surface area contributed by atoms with Crippen molar-refractivity contribution < 1.29 is 23.5 Å². The minimum Gasteiger partial charge on any atom is -0.463 e. The number of rotatable bonds is 8. The summed E-state index contributed by atoms with van der Waals surface area (Å²) in [7, 11) is 0. The number of halogens is 1. The normalized spacial score (nSPS) is 17.0. The van der Waals surface area contributed by atoms with Gasteiger partial charge in [0.25, 0.3) is 0 Å². The molecule has 1 N–H and O–H groups in total. The molecule has 2 rings (SSSR count). The fourth-order valence-electron chi connectivity index (χ4n) is 3.36. The van der Waals surface area contributed by atoms with E-state index in [1.165, 1.54) is 17.0 Å². The summed E-state index contributed by atoms with van der Waals surface area (Å²) >= 11 is 0. The van der Waals surface area contributed by atoms with E-state index in [1.54, 1.807) is 26.0 Å². The van der Waals surface area contributed by atoms with Gasteiger partial charge in [0.1, 0.15) is 12.4 Å². The van der Waals surface area contributed by atoms with Crippen LogP contribution in [0.5, 0.6) is 0 Å². The molecule has 1 heterocycles. The Hall–Kier alpha value is -2.70. The average molecular weight is 404 g/mol. The Kier molecular flexibility index (Phi) is 7.93. The van der Waals surface area contributed by atoms with E-state index in [9.17, 15) is 18.8 Å². The lowest BCUT2D eigenvalue weighted by molar-refractivity contribution is -0.141. The molecule has 0 spiro atoms. The summed E-state index contributed by atoms with van der Waals surface area (Å²) in [5, 5.41) is 2.81. The summed E-state index contributed by atoms with van der Waals surface area (Å²) in [6.45, 7) is 8.04. The standard InChI is InChI=1S/C22H29FN2O4/c1-5-29-22(28)21-15(4)25(13-19(26)24-11-10-14(2)3)20(27)12-18(21)16-6-8-17(23)9-7-16/h6-9,14,18H,5,10-13H2,1-4H3,(H,24,26)/t18-/m1/s1. The Labute approximate surface area is 171 Å². The number of benzene rings is 1. The first-order chi connectivity index (χ1) is 13.7. The molecule has 1 aliphatic heterocycles. The van der Waals surface area contributed by atoms with Gasteiger partial charge in [-0.15, -0.1) is 0 Å². The lowest BCUT2D eigenvalue weighted by atomic mass is 9.83. The Morgan fingerprint density at radius 3 is 2.52 bits per heavy atom. The van der Waals surface area contributed by atoms with Crippen molar-refractivity contribution >= 4 is 17.8 Å². The van der Waals surface area contributed by atoms with Crippen LogP contribution >= 0.6 is 0 Å². The predicted molar refractivity (Wildman–Crippen MR) is 107 cm³/mol. The van der Waals surface area contributed by atoms with Crippen molar-refractivity contribution in [3.63, 3.8) is 0 Å². The van der Waals surface area contributed by atoms with Crippen molar-refractivity contribution in [2.75, 3.05) is 19.7 Å². The highest BCUT2D eigenvalue weighted by Gasteiger charge is 2.37. The summed E-state index contributed by atoms with van der Waals surface area (Å²) in [6, 6.07) is 5.72. The second-order valence-electron chi connectivity index (χ2n) is 7.54. The molecule has 158 valence electrons. The Morgan fingerprint density at radius 1 is 1.28 bits per heavy atom. The smallest absolute Gasteiger partial charge is 0.336 e. The van der Waals surface area contributed by atoms with Gasteiger partial charge in [-0.3, -0.25) is 9.59 Å². The number of nitrogens with zero attached hydrogens (tertiary/aromatic N) is 1. The number of carbonyl (C=O) groups is 3. The molecule has 1 atom stereocenters. The quantitative estimate of drug-likeness (QED) is 0.676. The van der Waals surface area contributed by atoms with Crippen LogP contribution in [0.2, 0.25) is 0 Å². The van der Waals surface area contributed by atoms with Crippen molar-refractivity contribution in [3.05, 3.63) is 46.9 Å². The third-order valence-corrected chi connectivity index (χ3v) is 4.94. The molecule has 0 bridgehead atoms. The van der Waals surface area contributed by atoms with Gasteiger partial charge in [-0.05, 0) is 43.9 Å². The number of carbonyl (C=O) groups excluding carboxylic acids is 3. The highest BCUT2D eigenvalue weighted by Crippen LogP contribution is 2.37. The number of hydrogen-bond donors (Lipinski definition) is 1. The summed E-state index contributed by atoms with van der Waals surface area (Å²) in [6.07, 6.45) is 0.853. The fraction of sp³-hybridized carbons (Fsp3) is 0.500. The molecule has 6 nitrogen and oxygen atoms in total.